The van der Waals surface area contributed by atoms with Crippen molar-refractivity contribution in [3.63, 3.8) is 0 Å². The highest BCUT2D eigenvalue weighted by Crippen LogP contribution is 2.25. The molecule has 19 heavy (non-hydrogen) atoms. The average Bonchev–Trinajstić information content (AvgIpc) is 2.96. The third kappa shape index (κ3) is 2.55. The molecule has 96 valence electrons. The zero-order valence-electron chi connectivity index (χ0n) is 11.0. The quantitative estimate of drug-likeness (QED) is 0.731. The Morgan fingerprint density at radius 1 is 1.37 bits per heavy atom. The lowest BCUT2D eigenvalue weighted by Crippen LogP contribution is -2.13. The van der Waals surface area contributed by atoms with Gasteiger partial charge in [-0.15, -0.1) is 13.2 Å². The van der Waals surface area contributed by atoms with Gasteiger partial charge < -0.3 is 4.57 Å². The Bertz CT molecular complexity index is 680. The molecule has 0 radical (unpaired) electrons. The highest BCUT2D eigenvalue weighted by atomic mass is 16.1. The van der Waals surface area contributed by atoms with Crippen molar-refractivity contribution >= 4 is 5.57 Å². The van der Waals surface area contributed by atoms with Crippen LogP contribution in [0.25, 0.3) is 16.7 Å². The van der Waals surface area contributed by atoms with Crippen LogP contribution in [0, 0.1) is 0 Å². The molecular weight excluding hydrogens is 236 g/mol. The standard InChI is InChI=1S/C14H12N2O.C2H4/c1-16-7-6-11-8-13(10-4-2-3-5-10)15-14(17)12(11)9-16;1-2/h2-4,6-9H,5H2,1H3;1-2H2. The molecule has 0 aromatic carbocycles. The Labute approximate surface area is 112 Å². The molecule has 0 aromatic rings. The molecule has 2 aliphatic heterocycles. The minimum atomic E-state index is -0.151. The van der Waals surface area contributed by atoms with E-state index in [-0.39, 0.29) is 5.56 Å². The maximum atomic E-state index is 11.9. The van der Waals surface area contributed by atoms with Gasteiger partial charge in [-0.05, 0) is 29.7 Å². The predicted molar refractivity (Wildman–Crippen MR) is 79.1 cm³/mol. The molecule has 0 atom stereocenters. The Hall–Kier alpha value is -2.42. The van der Waals surface area contributed by atoms with Crippen LogP contribution in [0.3, 0.4) is 0 Å². The van der Waals surface area contributed by atoms with Crippen molar-refractivity contribution in [2.75, 3.05) is 0 Å². The normalized spacial score (nSPS) is 13.0. The van der Waals surface area contributed by atoms with Gasteiger partial charge in [0.2, 0.25) is 0 Å². The van der Waals surface area contributed by atoms with E-state index in [0.717, 1.165) is 23.3 Å². The summed E-state index contributed by atoms with van der Waals surface area (Å²) in [4.78, 5) is 16.1. The first-order valence-corrected chi connectivity index (χ1v) is 6.07. The number of pyridine rings is 2. The van der Waals surface area contributed by atoms with E-state index >= 15 is 0 Å². The largest absolute Gasteiger partial charge is 0.356 e. The van der Waals surface area contributed by atoms with Crippen LogP contribution in [0.5, 0.6) is 0 Å². The molecule has 3 rings (SSSR count). The second-order valence-corrected chi connectivity index (χ2v) is 4.25. The molecule has 3 heteroatoms. The van der Waals surface area contributed by atoms with Gasteiger partial charge in [-0.1, -0.05) is 18.2 Å². The molecule has 3 aliphatic rings. The van der Waals surface area contributed by atoms with Gasteiger partial charge >= 0.3 is 0 Å². The minimum absolute atomic E-state index is 0.151. The van der Waals surface area contributed by atoms with Gasteiger partial charge in [0.1, 0.15) is 0 Å². The van der Waals surface area contributed by atoms with E-state index in [1.165, 1.54) is 0 Å². The van der Waals surface area contributed by atoms with E-state index in [1.807, 2.05) is 48.3 Å². The average molecular weight is 252 g/mol. The topological polar surface area (TPSA) is 34.9 Å². The molecule has 0 saturated carbocycles. The van der Waals surface area contributed by atoms with Crippen molar-refractivity contribution in [1.82, 2.24) is 9.55 Å². The smallest absolute Gasteiger partial charge is 0.279 e. The summed E-state index contributed by atoms with van der Waals surface area (Å²) in [6.07, 6.45) is 10.7. The highest BCUT2D eigenvalue weighted by Gasteiger charge is 2.12. The fraction of sp³-hybridized carbons (Fsp3) is 0.125. The summed E-state index contributed by atoms with van der Waals surface area (Å²) in [5, 5.41) is 0. The molecule has 2 heterocycles. The first-order chi connectivity index (χ1) is 9.24. The fourth-order valence-electron chi connectivity index (χ4n) is 2.06. The first kappa shape index (κ1) is 13.0. The Morgan fingerprint density at radius 2 is 2.16 bits per heavy atom. The van der Waals surface area contributed by atoms with Gasteiger partial charge in [-0.25, -0.2) is 4.98 Å². The lowest BCUT2D eigenvalue weighted by Gasteiger charge is -2.09. The molecule has 0 saturated heterocycles. The van der Waals surface area contributed by atoms with Crippen molar-refractivity contribution in [2.24, 2.45) is 7.05 Å². The number of fused-ring (bicyclic) bond motifs is 1. The van der Waals surface area contributed by atoms with Crippen molar-refractivity contribution in [3.8, 4) is 11.1 Å². The van der Waals surface area contributed by atoms with Gasteiger partial charge in [0, 0.05) is 19.4 Å². The lowest BCUT2D eigenvalue weighted by atomic mass is 10.0. The second kappa shape index (κ2) is 5.48. The first-order valence-electron chi connectivity index (χ1n) is 6.07. The number of hydrogen-bond donors (Lipinski definition) is 0. The Kier molecular flexibility index (Phi) is 3.76. The van der Waals surface area contributed by atoms with Crippen molar-refractivity contribution in [3.05, 3.63) is 72.0 Å². The molecule has 0 unspecified atom stereocenters. The van der Waals surface area contributed by atoms with Crippen LogP contribution < -0.4 is 5.56 Å². The van der Waals surface area contributed by atoms with Crippen LogP contribution in [0.4, 0.5) is 0 Å². The zero-order chi connectivity index (χ0) is 13.8. The fourth-order valence-corrected chi connectivity index (χ4v) is 2.06. The summed E-state index contributed by atoms with van der Waals surface area (Å²) in [5.74, 6) is 0. The van der Waals surface area contributed by atoms with Crippen LogP contribution in [-0.4, -0.2) is 9.55 Å². The minimum Gasteiger partial charge on any atom is -0.356 e. The van der Waals surface area contributed by atoms with E-state index in [0.29, 0.717) is 5.56 Å². The maximum absolute atomic E-state index is 11.9. The molecule has 0 aromatic heterocycles. The molecule has 3 nitrogen and oxygen atoms in total. The summed E-state index contributed by atoms with van der Waals surface area (Å²) in [6, 6.07) is 3.93. The van der Waals surface area contributed by atoms with Crippen molar-refractivity contribution < 1.29 is 0 Å². The maximum Gasteiger partial charge on any atom is 0.279 e. The molecular formula is C16H16N2O. The van der Waals surface area contributed by atoms with Gasteiger partial charge in [-0.2, -0.15) is 0 Å². The SMILES string of the molecule is C=C.Cn1ccc2cc(C3=CC=CC3)nc(=O)c-2c1. The monoisotopic (exact) mass is 252 g/mol. The Balaban J connectivity index is 0.000000637. The van der Waals surface area contributed by atoms with Crippen LogP contribution >= 0.6 is 0 Å². The van der Waals surface area contributed by atoms with E-state index in [1.54, 1.807) is 0 Å². The number of allylic oxidation sites excluding steroid dienone is 4. The van der Waals surface area contributed by atoms with Gasteiger partial charge in [0.05, 0.1) is 11.3 Å². The van der Waals surface area contributed by atoms with Crippen LogP contribution in [0.15, 0.2) is 60.7 Å². The third-order valence-electron chi connectivity index (χ3n) is 2.98. The molecule has 1 aliphatic carbocycles. The molecule has 0 N–H and O–H groups in total. The van der Waals surface area contributed by atoms with E-state index in [2.05, 4.69) is 24.2 Å². The third-order valence-corrected chi connectivity index (χ3v) is 2.98. The van der Waals surface area contributed by atoms with Gasteiger partial charge in [-0.3, -0.25) is 4.79 Å². The number of hydrogen-bond acceptors (Lipinski definition) is 2. The summed E-state index contributed by atoms with van der Waals surface area (Å²) in [5.41, 5.74) is 3.37. The van der Waals surface area contributed by atoms with Gasteiger partial charge in [0.25, 0.3) is 5.56 Å². The van der Waals surface area contributed by atoms with Crippen molar-refractivity contribution in [2.45, 2.75) is 6.42 Å². The molecule has 0 amide bonds. The second-order valence-electron chi connectivity index (χ2n) is 4.25. The van der Waals surface area contributed by atoms with E-state index < -0.39 is 0 Å². The van der Waals surface area contributed by atoms with E-state index in [4.69, 9.17) is 0 Å². The molecule has 0 bridgehead atoms. The number of nitrogens with zero attached hydrogens (tertiary/aromatic N) is 2. The molecule has 0 spiro atoms. The van der Waals surface area contributed by atoms with Gasteiger partial charge in [0.15, 0.2) is 0 Å². The number of aromatic nitrogens is 2. The van der Waals surface area contributed by atoms with Crippen LogP contribution in [0.1, 0.15) is 12.1 Å². The molecule has 0 fully saturated rings. The highest BCUT2D eigenvalue weighted by molar-refractivity contribution is 5.73. The van der Waals surface area contributed by atoms with Crippen molar-refractivity contribution in [1.29, 1.82) is 0 Å². The van der Waals surface area contributed by atoms with Crippen LogP contribution in [-0.2, 0) is 7.05 Å². The van der Waals surface area contributed by atoms with E-state index in [9.17, 15) is 4.79 Å². The summed E-state index contributed by atoms with van der Waals surface area (Å²) < 4.78 is 1.86. The Morgan fingerprint density at radius 3 is 2.84 bits per heavy atom. The number of aryl methyl sites for hydroxylation is 1. The zero-order valence-corrected chi connectivity index (χ0v) is 11.0. The summed E-state index contributed by atoms with van der Waals surface area (Å²) in [6.45, 7) is 6.00. The summed E-state index contributed by atoms with van der Waals surface area (Å²) >= 11 is 0. The van der Waals surface area contributed by atoms with Crippen LogP contribution in [0.2, 0.25) is 0 Å². The summed E-state index contributed by atoms with van der Waals surface area (Å²) in [7, 11) is 1.90. The lowest BCUT2D eigenvalue weighted by molar-refractivity contribution is 0.901. The predicted octanol–water partition coefficient (Wildman–Crippen LogP) is 3.03. The number of rotatable bonds is 1.